The number of carbonyl (C=O) groups excluding carboxylic acids is 3. The minimum absolute atomic E-state index is 0.218. The van der Waals surface area contributed by atoms with E-state index in [0.717, 1.165) is 39.6 Å². The second-order valence-electron chi connectivity index (χ2n) is 8.87. The van der Waals surface area contributed by atoms with Gasteiger partial charge in [0, 0.05) is 37.6 Å². The van der Waals surface area contributed by atoms with Crippen LogP contribution in [0.5, 0.6) is 0 Å². The van der Waals surface area contributed by atoms with Crippen molar-refractivity contribution in [1.82, 2.24) is 20.0 Å². The zero-order chi connectivity index (χ0) is 23.9. The van der Waals surface area contributed by atoms with E-state index in [4.69, 9.17) is 11.6 Å². The zero-order valence-corrected chi connectivity index (χ0v) is 20.4. The third kappa shape index (κ3) is 4.29. The summed E-state index contributed by atoms with van der Waals surface area (Å²) in [6.07, 6.45) is 0. The number of rotatable bonds is 5. The van der Waals surface area contributed by atoms with E-state index in [2.05, 4.69) is 10.2 Å². The number of nitrogens with zero attached hydrogens (tertiary/aromatic N) is 3. The van der Waals surface area contributed by atoms with Crippen molar-refractivity contribution in [2.75, 3.05) is 32.7 Å². The second kappa shape index (κ2) is 9.02. The molecule has 0 aliphatic carbocycles. The lowest BCUT2D eigenvalue weighted by molar-refractivity contribution is -0.139. The molecule has 176 valence electrons. The van der Waals surface area contributed by atoms with Gasteiger partial charge in [0.1, 0.15) is 12.1 Å². The number of carbonyl (C=O) groups is 3. The highest BCUT2D eigenvalue weighted by atomic mass is 35.5. The first kappa shape index (κ1) is 22.8. The van der Waals surface area contributed by atoms with E-state index >= 15 is 0 Å². The van der Waals surface area contributed by atoms with Crippen LogP contribution in [0.2, 0.25) is 4.34 Å². The van der Waals surface area contributed by atoms with Crippen molar-refractivity contribution in [1.29, 1.82) is 0 Å². The van der Waals surface area contributed by atoms with Gasteiger partial charge in [-0.1, -0.05) is 48.0 Å². The lowest BCUT2D eigenvalue weighted by Crippen LogP contribution is -2.51. The van der Waals surface area contributed by atoms with E-state index < -0.39 is 17.5 Å². The van der Waals surface area contributed by atoms with Crippen LogP contribution in [0.25, 0.3) is 10.8 Å². The number of hydrogen-bond donors (Lipinski definition) is 1. The molecule has 3 heterocycles. The van der Waals surface area contributed by atoms with Crippen molar-refractivity contribution >= 4 is 51.6 Å². The third-order valence-corrected chi connectivity index (χ3v) is 7.84. The molecule has 34 heavy (non-hydrogen) atoms. The van der Waals surface area contributed by atoms with Crippen molar-refractivity contribution in [2.24, 2.45) is 0 Å². The highest BCUT2D eigenvalue weighted by Gasteiger charge is 2.49. The normalized spacial score (nSPS) is 21.4. The zero-order valence-electron chi connectivity index (χ0n) is 18.8. The number of nitrogens with one attached hydrogen (secondary N) is 1. The average Bonchev–Trinajstić information content (AvgIpc) is 3.34. The summed E-state index contributed by atoms with van der Waals surface area (Å²) in [5.74, 6) is -0.626. The fraction of sp³-hybridized carbons (Fsp3) is 0.320. The van der Waals surface area contributed by atoms with Gasteiger partial charge in [-0.3, -0.25) is 19.4 Å². The molecule has 1 aromatic heterocycles. The summed E-state index contributed by atoms with van der Waals surface area (Å²) in [5, 5.41) is 4.85. The van der Waals surface area contributed by atoms with E-state index in [-0.39, 0.29) is 12.5 Å². The molecule has 0 saturated carbocycles. The Morgan fingerprint density at radius 2 is 1.76 bits per heavy atom. The first-order chi connectivity index (χ1) is 16.3. The smallest absolute Gasteiger partial charge is 0.325 e. The molecule has 1 unspecified atom stereocenters. The van der Waals surface area contributed by atoms with E-state index in [9.17, 15) is 14.4 Å². The first-order valence-electron chi connectivity index (χ1n) is 11.2. The maximum Gasteiger partial charge on any atom is 0.325 e. The summed E-state index contributed by atoms with van der Waals surface area (Å²) < 4.78 is 0.771. The van der Waals surface area contributed by atoms with Gasteiger partial charge in [-0.25, -0.2) is 4.79 Å². The lowest BCUT2D eigenvalue weighted by Gasteiger charge is -2.35. The van der Waals surface area contributed by atoms with Gasteiger partial charge in [-0.15, -0.1) is 11.3 Å². The number of amides is 4. The second-order valence-corrected chi connectivity index (χ2v) is 10.7. The fourth-order valence-electron chi connectivity index (χ4n) is 4.58. The quantitative estimate of drug-likeness (QED) is 0.547. The molecule has 9 heteroatoms. The Balaban J connectivity index is 1.22. The largest absolute Gasteiger partial charge is 0.339 e. The molecule has 0 bridgehead atoms. The Morgan fingerprint density at radius 3 is 2.47 bits per heavy atom. The maximum absolute atomic E-state index is 13.3. The number of thiophene rings is 1. The van der Waals surface area contributed by atoms with Crippen LogP contribution >= 0.6 is 22.9 Å². The lowest BCUT2D eigenvalue weighted by atomic mass is 9.90. The van der Waals surface area contributed by atoms with Gasteiger partial charge >= 0.3 is 6.03 Å². The van der Waals surface area contributed by atoms with Gasteiger partial charge in [0.15, 0.2) is 0 Å². The molecule has 2 saturated heterocycles. The van der Waals surface area contributed by atoms with E-state index in [0.29, 0.717) is 18.7 Å². The predicted octanol–water partition coefficient (Wildman–Crippen LogP) is 3.67. The summed E-state index contributed by atoms with van der Waals surface area (Å²) in [6.45, 7) is 4.82. The Labute approximate surface area is 206 Å². The van der Waals surface area contributed by atoms with Crippen molar-refractivity contribution in [2.45, 2.75) is 19.0 Å². The SMILES string of the molecule is CC1(c2ccc3ccccc3c2)NC(=O)N(CC(=O)N2CCN(Cc3ccc(Cl)s3)CC2)C1=O. The number of imide groups is 1. The van der Waals surface area contributed by atoms with Crippen LogP contribution in [0, 0.1) is 0 Å². The number of hydrogen-bond acceptors (Lipinski definition) is 5. The molecule has 2 aliphatic rings. The van der Waals surface area contributed by atoms with Gasteiger partial charge in [0.2, 0.25) is 5.91 Å². The molecule has 1 atom stereocenters. The monoisotopic (exact) mass is 496 g/mol. The van der Waals surface area contributed by atoms with Crippen LogP contribution in [-0.2, 0) is 21.7 Å². The van der Waals surface area contributed by atoms with Crippen molar-refractivity contribution in [3.05, 3.63) is 69.4 Å². The predicted molar refractivity (Wildman–Crippen MR) is 133 cm³/mol. The van der Waals surface area contributed by atoms with Crippen LogP contribution in [-0.4, -0.2) is 65.3 Å². The van der Waals surface area contributed by atoms with Gasteiger partial charge in [0.25, 0.3) is 5.91 Å². The Bertz CT molecular complexity index is 1270. The van der Waals surface area contributed by atoms with Crippen LogP contribution in [0.15, 0.2) is 54.6 Å². The molecule has 3 aromatic rings. The van der Waals surface area contributed by atoms with Crippen molar-refractivity contribution in [3.63, 3.8) is 0 Å². The maximum atomic E-state index is 13.3. The van der Waals surface area contributed by atoms with Crippen LogP contribution in [0.4, 0.5) is 4.79 Å². The highest BCUT2D eigenvalue weighted by Crippen LogP contribution is 2.31. The van der Waals surface area contributed by atoms with Gasteiger partial charge in [0.05, 0.1) is 4.34 Å². The van der Waals surface area contributed by atoms with Crippen LogP contribution < -0.4 is 5.32 Å². The number of halogens is 1. The molecular formula is C25H25ClN4O3S. The minimum Gasteiger partial charge on any atom is -0.339 e. The molecule has 4 amide bonds. The molecule has 0 spiro atoms. The molecule has 2 aromatic carbocycles. The van der Waals surface area contributed by atoms with Crippen molar-refractivity contribution < 1.29 is 14.4 Å². The molecule has 2 fully saturated rings. The van der Waals surface area contributed by atoms with Crippen LogP contribution in [0.1, 0.15) is 17.4 Å². The Kier molecular flexibility index (Phi) is 6.06. The number of piperazine rings is 1. The van der Waals surface area contributed by atoms with Gasteiger partial charge in [-0.05, 0) is 41.5 Å². The van der Waals surface area contributed by atoms with Crippen LogP contribution in [0.3, 0.4) is 0 Å². The molecule has 5 rings (SSSR count). The van der Waals surface area contributed by atoms with Crippen molar-refractivity contribution in [3.8, 4) is 0 Å². The summed E-state index contributed by atoms with van der Waals surface area (Å²) in [7, 11) is 0. The molecular weight excluding hydrogens is 472 g/mol. The summed E-state index contributed by atoms with van der Waals surface area (Å²) in [4.78, 5) is 45.2. The number of benzene rings is 2. The van der Waals surface area contributed by atoms with E-state index in [1.54, 1.807) is 23.2 Å². The Hall–Kier alpha value is -2.94. The van der Waals surface area contributed by atoms with Gasteiger partial charge < -0.3 is 10.2 Å². The summed E-state index contributed by atoms with van der Waals surface area (Å²) in [5.41, 5.74) is -0.510. The minimum atomic E-state index is -1.21. The fourth-order valence-corrected chi connectivity index (χ4v) is 5.71. The summed E-state index contributed by atoms with van der Waals surface area (Å²) >= 11 is 7.58. The molecule has 1 N–H and O–H groups in total. The molecule has 0 radical (unpaired) electrons. The number of fused-ring (bicyclic) bond motifs is 1. The number of urea groups is 1. The Morgan fingerprint density at radius 1 is 1.03 bits per heavy atom. The summed E-state index contributed by atoms with van der Waals surface area (Å²) in [6, 6.07) is 16.9. The molecule has 7 nitrogen and oxygen atoms in total. The van der Waals surface area contributed by atoms with E-state index in [1.165, 1.54) is 4.88 Å². The van der Waals surface area contributed by atoms with E-state index in [1.807, 2.05) is 54.6 Å². The topological polar surface area (TPSA) is 73.0 Å². The van der Waals surface area contributed by atoms with Gasteiger partial charge in [-0.2, -0.15) is 0 Å². The average molecular weight is 497 g/mol. The third-order valence-electron chi connectivity index (χ3n) is 6.63. The molecule has 2 aliphatic heterocycles. The highest BCUT2D eigenvalue weighted by molar-refractivity contribution is 7.16. The standard InChI is InChI=1S/C25H25ClN4O3S/c1-25(19-7-6-17-4-2-3-5-18(17)14-19)23(32)30(24(33)27-25)16-22(31)29-12-10-28(11-13-29)15-20-8-9-21(26)34-20/h2-9,14H,10-13,15-16H2,1H3,(H,27,33). The first-order valence-corrected chi connectivity index (χ1v) is 12.4.